The van der Waals surface area contributed by atoms with E-state index in [1.807, 2.05) is 29.8 Å². The topological polar surface area (TPSA) is 56.2 Å². The maximum Gasteiger partial charge on any atom is 0.329 e. The van der Waals surface area contributed by atoms with Crippen LogP contribution < -0.4 is 5.69 Å². The second-order valence-electron chi connectivity index (χ2n) is 8.29. The number of hydrogen-bond donors (Lipinski definition) is 0. The minimum atomic E-state index is -0.314. The summed E-state index contributed by atoms with van der Waals surface area (Å²) in [7, 11) is 1.81. The molecule has 162 valence electrons. The molecule has 0 unspecified atom stereocenters. The van der Waals surface area contributed by atoms with Crippen molar-refractivity contribution in [3.05, 3.63) is 63.4 Å². The van der Waals surface area contributed by atoms with Crippen molar-refractivity contribution in [2.24, 2.45) is 7.05 Å². The Morgan fingerprint density at radius 3 is 2.77 bits per heavy atom. The van der Waals surface area contributed by atoms with E-state index < -0.39 is 0 Å². The van der Waals surface area contributed by atoms with E-state index in [1.54, 1.807) is 10.6 Å². The van der Waals surface area contributed by atoms with Crippen LogP contribution in [0, 0.1) is 5.82 Å². The van der Waals surface area contributed by atoms with Crippen molar-refractivity contribution in [3.8, 4) is 0 Å². The molecule has 2 aromatic carbocycles. The molecule has 8 heteroatoms. The van der Waals surface area contributed by atoms with E-state index in [4.69, 9.17) is 16.1 Å². The highest BCUT2D eigenvalue weighted by Gasteiger charge is 2.24. The smallest absolute Gasteiger partial charge is 0.329 e. The number of benzene rings is 2. The summed E-state index contributed by atoms with van der Waals surface area (Å²) in [6.45, 7) is 2.84. The summed E-state index contributed by atoms with van der Waals surface area (Å²) in [6.07, 6.45) is 3.60. The number of halogens is 2. The first-order valence-electron chi connectivity index (χ1n) is 10.6. The van der Waals surface area contributed by atoms with Crippen molar-refractivity contribution in [2.75, 3.05) is 19.6 Å². The number of piperidine rings is 1. The van der Waals surface area contributed by atoms with Crippen molar-refractivity contribution >= 4 is 33.6 Å². The summed E-state index contributed by atoms with van der Waals surface area (Å²) in [5.74, 6) is -0.314. The lowest BCUT2D eigenvalue weighted by Gasteiger charge is -2.32. The lowest BCUT2D eigenvalue weighted by molar-refractivity contribution is 0.184. The molecule has 31 heavy (non-hydrogen) atoms. The largest absolute Gasteiger partial charge is 0.356 e. The van der Waals surface area contributed by atoms with E-state index in [2.05, 4.69) is 10.1 Å². The van der Waals surface area contributed by atoms with Gasteiger partial charge in [0.15, 0.2) is 5.58 Å². The minimum Gasteiger partial charge on any atom is -0.356 e. The molecule has 0 radical (unpaired) electrons. The third-order valence-electron chi connectivity index (χ3n) is 6.37. The monoisotopic (exact) mass is 442 g/mol. The molecule has 2 aromatic heterocycles. The van der Waals surface area contributed by atoms with Gasteiger partial charge in [-0.3, -0.25) is 9.13 Å². The molecule has 0 N–H and O–H groups in total. The Bertz CT molecular complexity index is 1300. The number of fused-ring (bicyclic) bond motifs is 2. The summed E-state index contributed by atoms with van der Waals surface area (Å²) < 4.78 is 22.2. The highest BCUT2D eigenvalue weighted by atomic mass is 35.5. The van der Waals surface area contributed by atoms with Crippen LogP contribution in [-0.4, -0.2) is 38.8 Å². The van der Waals surface area contributed by atoms with Gasteiger partial charge in [-0.2, -0.15) is 0 Å². The number of rotatable bonds is 5. The summed E-state index contributed by atoms with van der Waals surface area (Å²) in [6, 6.07) is 10.3. The van der Waals surface area contributed by atoms with E-state index in [0.29, 0.717) is 10.6 Å². The molecule has 0 atom stereocenters. The normalized spacial score (nSPS) is 16.0. The van der Waals surface area contributed by atoms with Crippen molar-refractivity contribution in [2.45, 2.75) is 31.7 Å². The van der Waals surface area contributed by atoms with Crippen LogP contribution in [-0.2, 0) is 13.5 Å². The summed E-state index contributed by atoms with van der Waals surface area (Å²) >= 11 is 6.19. The number of hydrogen-bond acceptors (Lipinski definition) is 4. The molecule has 3 heterocycles. The zero-order valence-corrected chi connectivity index (χ0v) is 18.1. The molecule has 1 aliphatic heterocycles. The number of imidazole rings is 1. The number of aryl methyl sites for hydroxylation is 2. The van der Waals surface area contributed by atoms with Crippen molar-refractivity contribution < 1.29 is 8.91 Å². The van der Waals surface area contributed by atoms with Crippen LogP contribution in [0.2, 0.25) is 5.02 Å². The average molecular weight is 443 g/mol. The van der Waals surface area contributed by atoms with Crippen LogP contribution in [0.3, 0.4) is 0 Å². The highest BCUT2D eigenvalue weighted by molar-refractivity contribution is 6.31. The maximum absolute atomic E-state index is 13.3. The Balaban J connectivity index is 1.21. The van der Waals surface area contributed by atoms with Gasteiger partial charge in [0, 0.05) is 42.7 Å². The van der Waals surface area contributed by atoms with Crippen LogP contribution in [0.4, 0.5) is 4.39 Å². The van der Waals surface area contributed by atoms with Gasteiger partial charge in [0.1, 0.15) is 5.82 Å². The first-order chi connectivity index (χ1) is 15.0. The summed E-state index contributed by atoms with van der Waals surface area (Å²) in [5, 5.41) is 5.64. The first kappa shape index (κ1) is 20.3. The quantitative estimate of drug-likeness (QED) is 0.455. The maximum atomic E-state index is 13.3. The fourth-order valence-corrected chi connectivity index (χ4v) is 4.88. The lowest BCUT2D eigenvalue weighted by atomic mass is 10.0. The van der Waals surface area contributed by atoms with Gasteiger partial charge in [-0.15, -0.1) is 0 Å². The Hall–Kier alpha value is -2.64. The zero-order chi connectivity index (χ0) is 21.5. The number of aromatic nitrogens is 3. The van der Waals surface area contributed by atoms with Crippen LogP contribution in [0.25, 0.3) is 22.0 Å². The van der Waals surface area contributed by atoms with Crippen LogP contribution >= 0.6 is 11.6 Å². The Morgan fingerprint density at radius 2 is 1.97 bits per heavy atom. The van der Waals surface area contributed by atoms with Gasteiger partial charge in [-0.25, -0.2) is 9.18 Å². The van der Waals surface area contributed by atoms with Gasteiger partial charge < -0.3 is 9.42 Å². The summed E-state index contributed by atoms with van der Waals surface area (Å²) in [4.78, 5) is 15.3. The second-order valence-corrected chi connectivity index (χ2v) is 8.73. The van der Waals surface area contributed by atoms with E-state index in [1.165, 1.54) is 12.1 Å². The van der Waals surface area contributed by atoms with E-state index in [-0.39, 0.29) is 17.5 Å². The van der Waals surface area contributed by atoms with E-state index >= 15 is 0 Å². The minimum absolute atomic E-state index is 0.0186. The third kappa shape index (κ3) is 3.77. The zero-order valence-electron chi connectivity index (χ0n) is 17.4. The molecule has 0 aliphatic carbocycles. The molecule has 0 spiro atoms. The first-order valence-corrected chi connectivity index (χ1v) is 11.0. The molecule has 1 fully saturated rings. The highest BCUT2D eigenvalue weighted by Crippen LogP contribution is 2.27. The average Bonchev–Trinajstić information content (AvgIpc) is 3.27. The van der Waals surface area contributed by atoms with Crippen molar-refractivity contribution in [1.82, 2.24) is 19.2 Å². The third-order valence-corrected chi connectivity index (χ3v) is 6.61. The van der Waals surface area contributed by atoms with Gasteiger partial charge in [-0.1, -0.05) is 16.8 Å². The lowest BCUT2D eigenvalue weighted by Crippen LogP contribution is -2.38. The Kier molecular flexibility index (Phi) is 5.32. The molecule has 4 aromatic rings. The molecule has 0 bridgehead atoms. The number of nitrogens with zero attached hydrogens (tertiary/aromatic N) is 4. The molecule has 1 saturated heterocycles. The Labute approximate surface area is 183 Å². The predicted octanol–water partition coefficient (Wildman–Crippen LogP) is 4.54. The van der Waals surface area contributed by atoms with Gasteiger partial charge in [-0.05, 0) is 62.6 Å². The molecule has 5 rings (SSSR count). The molecule has 0 amide bonds. The SMILES string of the molecule is Cn1c(=O)n(C2CCN(CCCc3noc4cc(F)ccc34)CC2)c2cc(Cl)ccc21. The van der Waals surface area contributed by atoms with Crippen molar-refractivity contribution in [1.29, 1.82) is 0 Å². The van der Waals surface area contributed by atoms with Crippen molar-refractivity contribution in [3.63, 3.8) is 0 Å². The van der Waals surface area contributed by atoms with Crippen LogP contribution in [0.15, 0.2) is 45.7 Å². The Morgan fingerprint density at radius 1 is 1.16 bits per heavy atom. The fraction of sp³-hybridized carbons (Fsp3) is 0.391. The molecule has 6 nitrogen and oxygen atoms in total. The van der Waals surface area contributed by atoms with Gasteiger partial charge in [0.25, 0.3) is 0 Å². The molecule has 0 saturated carbocycles. The van der Waals surface area contributed by atoms with E-state index in [9.17, 15) is 9.18 Å². The molecular formula is C23H24ClFN4O2. The fourth-order valence-electron chi connectivity index (χ4n) is 4.71. The van der Waals surface area contributed by atoms with Gasteiger partial charge in [0.2, 0.25) is 0 Å². The molecule has 1 aliphatic rings. The predicted molar refractivity (Wildman–Crippen MR) is 119 cm³/mol. The van der Waals surface area contributed by atoms with Crippen LogP contribution in [0.1, 0.15) is 31.0 Å². The summed E-state index contributed by atoms with van der Waals surface area (Å²) in [5.41, 5.74) is 3.22. The van der Waals surface area contributed by atoms with E-state index in [0.717, 1.165) is 67.4 Å². The molecular weight excluding hydrogens is 419 g/mol. The van der Waals surface area contributed by atoms with Gasteiger partial charge >= 0.3 is 5.69 Å². The van der Waals surface area contributed by atoms with Gasteiger partial charge in [0.05, 0.1) is 16.7 Å². The number of likely N-dealkylation sites (tertiary alicyclic amines) is 1. The second kappa shape index (κ2) is 8.13. The standard InChI is InChI=1S/C23H24ClFN4O2/c1-27-20-7-4-15(24)13-21(20)29(23(27)30)17-8-11-28(12-9-17)10-2-3-19-18-6-5-16(25)14-22(18)31-26-19/h4-7,13-14,17H,2-3,8-12H2,1H3. The van der Waals surface area contributed by atoms with Crippen LogP contribution in [0.5, 0.6) is 0 Å².